The maximum atomic E-state index is 13.1. The minimum atomic E-state index is -0.778. The van der Waals surface area contributed by atoms with Gasteiger partial charge in [0.1, 0.15) is 11.4 Å². The van der Waals surface area contributed by atoms with Gasteiger partial charge in [-0.05, 0) is 58.9 Å². The first kappa shape index (κ1) is 25.6. The van der Waals surface area contributed by atoms with Crippen LogP contribution in [0, 0.1) is 0 Å². The Balaban J connectivity index is 1.64. The Morgan fingerprint density at radius 1 is 1.00 bits per heavy atom. The Bertz CT molecular complexity index is 995. The fraction of sp³-hybridized carbons (Fsp3) is 0.440. The quantitative estimate of drug-likeness (QED) is 0.275. The number of morpholine rings is 1. The molecule has 33 heavy (non-hydrogen) atoms. The van der Waals surface area contributed by atoms with Crippen LogP contribution in [-0.2, 0) is 9.47 Å². The highest BCUT2D eigenvalue weighted by molar-refractivity contribution is 7.99. The average molecular weight is 492 g/mol. The summed E-state index contributed by atoms with van der Waals surface area (Å²) in [6.07, 6.45) is -0.778. The summed E-state index contributed by atoms with van der Waals surface area (Å²) in [7, 11) is 0. The molecule has 0 spiro atoms. The number of rotatable bonds is 6. The van der Waals surface area contributed by atoms with Gasteiger partial charge in [-0.3, -0.25) is 9.69 Å². The van der Waals surface area contributed by atoms with Gasteiger partial charge in [-0.2, -0.15) is 0 Å². The summed E-state index contributed by atoms with van der Waals surface area (Å²) >= 11 is 7.87. The van der Waals surface area contributed by atoms with E-state index in [1.165, 1.54) is 11.8 Å². The summed E-state index contributed by atoms with van der Waals surface area (Å²) in [5.74, 6) is 0.396. The van der Waals surface area contributed by atoms with Crippen LogP contribution in [0.4, 0.5) is 4.79 Å². The number of ether oxygens (including phenoxy) is 3. The molecule has 3 rings (SSSR count). The zero-order valence-electron chi connectivity index (χ0n) is 19.6. The van der Waals surface area contributed by atoms with Crippen molar-refractivity contribution < 1.29 is 23.8 Å². The number of carbonyl (C=O) groups is 2. The molecule has 0 saturated carbocycles. The molecule has 6 nitrogen and oxygen atoms in total. The van der Waals surface area contributed by atoms with E-state index in [-0.39, 0.29) is 5.78 Å². The smallest absolute Gasteiger partial charge is 0.428 e. The fourth-order valence-electron chi connectivity index (χ4n) is 3.42. The summed E-state index contributed by atoms with van der Waals surface area (Å²) < 4.78 is 15.8. The van der Waals surface area contributed by atoms with Crippen LogP contribution in [0.1, 0.15) is 45.0 Å². The summed E-state index contributed by atoms with van der Waals surface area (Å²) in [6, 6.07) is 12.6. The van der Waals surface area contributed by atoms with Gasteiger partial charge in [0.15, 0.2) is 5.78 Å². The first-order chi connectivity index (χ1) is 15.5. The van der Waals surface area contributed by atoms with Crippen molar-refractivity contribution in [2.24, 2.45) is 0 Å². The summed E-state index contributed by atoms with van der Waals surface area (Å²) in [6.45, 7) is 12.0. The van der Waals surface area contributed by atoms with Crippen LogP contribution < -0.4 is 4.74 Å². The Hall–Kier alpha value is -2.06. The molecular weight excluding hydrogens is 462 g/mol. The molecule has 0 unspecified atom stereocenters. The van der Waals surface area contributed by atoms with Crippen molar-refractivity contribution in [2.75, 3.05) is 26.3 Å². The lowest BCUT2D eigenvalue weighted by Gasteiger charge is -2.39. The number of ketones is 1. The number of halogens is 1. The van der Waals surface area contributed by atoms with Gasteiger partial charge in [0.25, 0.3) is 0 Å². The van der Waals surface area contributed by atoms with E-state index >= 15 is 0 Å². The molecule has 8 heteroatoms. The monoisotopic (exact) mass is 491 g/mol. The van der Waals surface area contributed by atoms with Crippen LogP contribution in [0.3, 0.4) is 0 Å². The van der Waals surface area contributed by atoms with E-state index in [1.807, 2.05) is 38.1 Å². The van der Waals surface area contributed by atoms with Gasteiger partial charge in [0.05, 0.1) is 23.8 Å². The number of nitrogens with zero attached hydrogens (tertiary/aromatic N) is 1. The number of carbonyl (C=O) groups excluding carboxylic acids is 2. The molecule has 0 bridgehead atoms. The van der Waals surface area contributed by atoms with Gasteiger partial charge in [-0.25, -0.2) is 4.79 Å². The summed E-state index contributed by atoms with van der Waals surface area (Å²) in [5, 5.41) is 0.453. The first-order valence-corrected chi connectivity index (χ1v) is 12.0. The van der Waals surface area contributed by atoms with Gasteiger partial charge in [-0.15, -0.1) is 0 Å². The molecule has 0 radical (unpaired) electrons. The summed E-state index contributed by atoms with van der Waals surface area (Å²) in [5.41, 5.74) is -0.559. The molecule has 0 aliphatic carbocycles. The van der Waals surface area contributed by atoms with E-state index in [2.05, 4.69) is 4.90 Å². The maximum Gasteiger partial charge on any atom is 0.514 e. The molecule has 2 aromatic rings. The van der Waals surface area contributed by atoms with Gasteiger partial charge < -0.3 is 14.2 Å². The molecule has 0 aromatic heterocycles. The van der Waals surface area contributed by atoms with Crippen LogP contribution in [0.25, 0.3) is 0 Å². The lowest BCUT2D eigenvalue weighted by molar-refractivity contribution is -0.00430. The van der Waals surface area contributed by atoms with Crippen LogP contribution in [0.15, 0.2) is 52.3 Å². The number of Topliss-reactive ketones (excluding diaryl/α,β-unsaturated/α-hetero) is 1. The zero-order chi connectivity index (χ0) is 24.2. The topological polar surface area (TPSA) is 65.1 Å². The van der Waals surface area contributed by atoms with Gasteiger partial charge in [0.2, 0.25) is 0 Å². The number of hydrogen-bond donors (Lipinski definition) is 0. The second-order valence-electron chi connectivity index (χ2n) is 9.27. The lowest BCUT2D eigenvalue weighted by Crippen LogP contribution is -2.54. The zero-order valence-corrected chi connectivity index (χ0v) is 21.2. The van der Waals surface area contributed by atoms with Crippen molar-refractivity contribution in [1.82, 2.24) is 4.90 Å². The van der Waals surface area contributed by atoms with Crippen LogP contribution in [0.5, 0.6) is 5.75 Å². The van der Waals surface area contributed by atoms with Crippen molar-refractivity contribution >= 4 is 35.3 Å². The van der Waals surface area contributed by atoms with Crippen molar-refractivity contribution in [3.63, 3.8) is 0 Å². The molecule has 0 atom stereocenters. The SMILES string of the molecule is CC(C)(C)OC(=O)Oc1ccc(Sc2ccc(C(=O)C(C)(C)N3CCOCC3)cc2)c(Cl)c1. The third-order valence-electron chi connectivity index (χ3n) is 5.20. The predicted octanol–water partition coefficient (Wildman–Crippen LogP) is 6.10. The Kier molecular flexibility index (Phi) is 8.11. The normalized spacial score (nSPS) is 15.2. The maximum absolute atomic E-state index is 13.1. The van der Waals surface area contributed by atoms with E-state index in [1.54, 1.807) is 39.0 Å². The van der Waals surface area contributed by atoms with Crippen molar-refractivity contribution in [2.45, 2.75) is 55.5 Å². The molecule has 0 N–H and O–H groups in total. The fourth-order valence-corrected chi connectivity index (χ4v) is 4.52. The van der Waals surface area contributed by atoms with Crippen molar-refractivity contribution in [3.05, 3.63) is 53.1 Å². The standard InChI is InChI=1S/C25H30ClNO5S/c1-24(2,3)32-23(29)31-18-8-11-21(20(26)16-18)33-19-9-6-17(7-10-19)22(28)25(4,5)27-12-14-30-15-13-27/h6-11,16H,12-15H2,1-5H3. The molecule has 1 heterocycles. The highest BCUT2D eigenvalue weighted by atomic mass is 35.5. The number of hydrogen-bond acceptors (Lipinski definition) is 7. The van der Waals surface area contributed by atoms with Crippen LogP contribution in [-0.4, -0.2) is 54.3 Å². The van der Waals surface area contributed by atoms with Crippen molar-refractivity contribution in [1.29, 1.82) is 0 Å². The molecule has 1 aliphatic rings. The Morgan fingerprint density at radius 2 is 1.64 bits per heavy atom. The molecule has 178 valence electrons. The Labute approximate surface area is 204 Å². The Morgan fingerprint density at radius 3 is 2.21 bits per heavy atom. The molecule has 1 aliphatic heterocycles. The van der Waals surface area contributed by atoms with E-state index in [4.69, 9.17) is 25.8 Å². The highest BCUT2D eigenvalue weighted by Crippen LogP contribution is 2.36. The second-order valence-corrected chi connectivity index (χ2v) is 10.8. The predicted molar refractivity (Wildman–Crippen MR) is 130 cm³/mol. The highest BCUT2D eigenvalue weighted by Gasteiger charge is 2.35. The third kappa shape index (κ3) is 6.96. The summed E-state index contributed by atoms with van der Waals surface area (Å²) in [4.78, 5) is 28.9. The van der Waals surface area contributed by atoms with E-state index in [0.29, 0.717) is 29.5 Å². The minimum Gasteiger partial charge on any atom is -0.428 e. The largest absolute Gasteiger partial charge is 0.514 e. The van der Waals surface area contributed by atoms with E-state index in [9.17, 15) is 9.59 Å². The van der Waals surface area contributed by atoms with Crippen LogP contribution >= 0.6 is 23.4 Å². The van der Waals surface area contributed by atoms with Crippen molar-refractivity contribution in [3.8, 4) is 5.75 Å². The van der Waals surface area contributed by atoms with Gasteiger partial charge >= 0.3 is 6.16 Å². The molecule has 0 amide bonds. The average Bonchev–Trinajstić information content (AvgIpc) is 2.75. The van der Waals surface area contributed by atoms with E-state index < -0.39 is 17.3 Å². The van der Waals surface area contributed by atoms with E-state index in [0.717, 1.165) is 22.9 Å². The second kappa shape index (κ2) is 10.5. The molecular formula is C25H30ClNO5S. The molecule has 2 aromatic carbocycles. The third-order valence-corrected chi connectivity index (χ3v) is 6.70. The first-order valence-electron chi connectivity index (χ1n) is 10.8. The molecule has 1 saturated heterocycles. The number of benzene rings is 2. The lowest BCUT2D eigenvalue weighted by atomic mass is 9.91. The molecule has 1 fully saturated rings. The van der Waals surface area contributed by atoms with Gasteiger partial charge in [-0.1, -0.05) is 35.5 Å². The van der Waals surface area contributed by atoms with Crippen LogP contribution in [0.2, 0.25) is 5.02 Å². The van der Waals surface area contributed by atoms with Gasteiger partial charge in [0, 0.05) is 34.5 Å². The minimum absolute atomic E-state index is 0.0858.